The highest BCUT2D eigenvalue weighted by atomic mass is 32.2. The fourth-order valence-corrected chi connectivity index (χ4v) is 3.85. The average Bonchev–Trinajstić information content (AvgIpc) is 2.84. The zero-order valence-electron chi connectivity index (χ0n) is 10.3. The molecule has 3 rings (SSSR count). The third kappa shape index (κ3) is 2.14. The topological polar surface area (TPSA) is 55.6 Å². The van der Waals surface area contributed by atoms with Gasteiger partial charge < -0.3 is 14.2 Å². The van der Waals surface area contributed by atoms with E-state index in [4.69, 9.17) is 9.26 Å². The summed E-state index contributed by atoms with van der Waals surface area (Å²) in [4.78, 5) is 14.3. The number of nitrogens with zero attached hydrogens (tertiary/aromatic N) is 2. The van der Waals surface area contributed by atoms with Gasteiger partial charge >= 0.3 is 0 Å². The number of thioether (sulfide) groups is 1. The molecule has 0 radical (unpaired) electrons. The first-order valence-corrected chi connectivity index (χ1v) is 7.24. The van der Waals surface area contributed by atoms with Gasteiger partial charge in [0.25, 0.3) is 5.91 Å². The Labute approximate surface area is 110 Å². The summed E-state index contributed by atoms with van der Waals surface area (Å²) in [6.45, 7) is 4.09. The zero-order valence-corrected chi connectivity index (χ0v) is 11.1. The summed E-state index contributed by atoms with van der Waals surface area (Å²) >= 11 is 1.90. The Hall–Kier alpha value is -1.01. The van der Waals surface area contributed by atoms with Gasteiger partial charge in [-0.25, -0.2) is 0 Å². The number of hydrogen-bond acceptors (Lipinski definition) is 5. The minimum absolute atomic E-state index is 0.0344. The van der Waals surface area contributed by atoms with Crippen LogP contribution in [-0.4, -0.2) is 52.8 Å². The van der Waals surface area contributed by atoms with Crippen molar-refractivity contribution in [1.82, 2.24) is 10.1 Å². The molecule has 18 heavy (non-hydrogen) atoms. The molecule has 0 spiro atoms. The second kappa shape index (κ2) is 4.93. The number of amides is 1. The number of aromatic nitrogens is 1. The Balaban J connectivity index is 1.79. The predicted molar refractivity (Wildman–Crippen MR) is 67.7 cm³/mol. The molecule has 0 N–H and O–H groups in total. The number of carbonyl (C=O) groups excluding carboxylic acids is 1. The molecule has 2 atom stereocenters. The third-order valence-corrected chi connectivity index (χ3v) is 4.73. The predicted octanol–water partition coefficient (Wildman–Crippen LogP) is 1.33. The van der Waals surface area contributed by atoms with Crippen LogP contribution >= 0.6 is 11.8 Å². The van der Waals surface area contributed by atoms with Gasteiger partial charge in [-0.1, -0.05) is 5.16 Å². The van der Waals surface area contributed by atoms with Crippen molar-refractivity contribution >= 4 is 17.7 Å². The van der Waals surface area contributed by atoms with Crippen LogP contribution in [0.3, 0.4) is 0 Å². The van der Waals surface area contributed by atoms with Crippen LogP contribution in [0.2, 0.25) is 0 Å². The Morgan fingerprint density at radius 2 is 2.50 bits per heavy atom. The van der Waals surface area contributed by atoms with E-state index in [0.717, 1.165) is 37.6 Å². The highest BCUT2D eigenvalue weighted by molar-refractivity contribution is 8.00. The quantitative estimate of drug-likeness (QED) is 0.769. The van der Waals surface area contributed by atoms with Gasteiger partial charge in [-0.2, -0.15) is 11.8 Å². The lowest BCUT2D eigenvalue weighted by Gasteiger charge is -2.42. The maximum absolute atomic E-state index is 12.4. The van der Waals surface area contributed by atoms with E-state index >= 15 is 0 Å². The molecule has 0 bridgehead atoms. The van der Waals surface area contributed by atoms with Gasteiger partial charge in [-0.3, -0.25) is 4.79 Å². The van der Waals surface area contributed by atoms with E-state index in [0.29, 0.717) is 11.0 Å². The van der Waals surface area contributed by atoms with Gasteiger partial charge in [-0.15, -0.1) is 0 Å². The molecule has 0 aliphatic carbocycles. The SMILES string of the molecule is Cc1cc(C(=O)N2CCSC3COCCC32)on1. The lowest BCUT2D eigenvalue weighted by molar-refractivity contribution is 0.0296. The Kier molecular flexibility index (Phi) is 3.30. The molecule has 0 saturated carbocycles. The van der Waals surface area contributed by atoms with Crippen LogP contribution in [0, 0.1) is 6.92 Å². The van der Waals surface area contributed by atoms with Crippen molar-refractivity contribution in [3.63, 3.8) is 0 Å². The summed E-state index contributed by atoms with van der Waals surface area (Å²) in [5.74, 6) is 1.28. The maximum Gasteiger partial charge on any atom is 0.292 e. The first kappa shape index (κ1) is 12.0. The number of rotatable bonds is 1. The lowest BCUT2D eigenvalue weighted by atomic mass is 10.1. The summed E-state index contributed by atoms with van der Waals surface area (Å²) < 4.78 is 10.6. The molecule has 2 aliphatic rings. The largest absolute Gasteiger partial charge is 0.380 e. The van der Waals surface area contributed by atoms with Gasteiger partial charge in [0.15, 0.2) is 0 Å². The fourth-order valence-electron chi connectivity index (χ4n) is 2.54. The fraction of sp³-hybridized carbons (Fsp3) is 0.667. The molecule has 3 heterocycles. The molecule has 6 heteroatoms. The van der Waals surface area contributed by atoms with Gasteiger partial charge in [0, 0.05) is 36.3 Å². The van der Waals surface area contributed by atoms with E-state index < -0.39 is 0 Å². The van der Waals surface area contributed by atoms with E-state index in [1.54, 1.807) is 6.07 Å². The number of fused-ring (bicyclic) bond motifs is 1. The Morgan fingerprint density at radius 1 is 1.61 bits per heavy atom. The van der Waals surface area contributed by atoms with Crippen LogP contribution < -0.4 is 0 Å². The van der Waals surface area contributed by atoms with Crippen molar-refractivity contribution in [2.24, 2.45) is 0 Å². The van der Waals surface area contributed by atoms with Crippen LogP contribution in [0.4, 0.5) is 0 Å². The highest BCUT2D eigenvalue weighted by Crippen LogP contribution is 2.31. The number of aryl methyl sites for hydroxylation is 1. The summed E-state index contributed by atoms with van der Waals surface area (Å²) in [5, 5.41) is 4.19. The van der Waals surface area contributed by atoms with Gasteiger partial charge in [0.1, 0.15) is 0 Å². The normalized spacial score (nSPS) is 27.9. The molecule has 2 unspecified atom stereocenters. The third-order valence-electron chi connectivity index (χ3n) is 3.43. The van der Waals surface area contributed by atoms with E-state index in [9.17, 15) is 4.79 Å². The number of hydrogen-bond donors (Lipinski definition) is 0. The molecule has 0 aromatic carbocycles. The summed E-state index contributed by atoms with van der Waals surface area (Å²) in [6, 6.07) is 1.98. The molecule has 2 saturated heterocycles. The van der Waals surface area contributed by atoms with Crippen molar-refractivity contribution in [3.05, 3.63) is 17.5 Å². The molecule has 98 valence electrons. The second-order valence-electron chi connectivity index (χ2n) is 4.67. The molecular weight excluding hydrogens is 252 g/mol. The molecule has 2 fully saturated rings. The van der Waals surface area contributed by atoms with E-state index in [2.05, 4.69) is 5.16 Å². The van der Waals surface area contributed by atoms with Gasteiger partial charge in [-0.05, 0) is 13.3 Å². The highest BCUT2D eigenvalue weighted by Gasteiger charge is 2.38. The van der Waals surface area contributed by atoms with Crippen LogP contribution in [0.25, 0.3) is 0 Å². The monoisotopic (exact) mass is 268 g/mol. The van der Waals surface area contributed by atoms with Crippen molar-refractivity contribution in [3.8, 4) is 0 Å². The van der Waals surface area contributed by atoms with Crippen molar-refractivity contribution in [2.45, 2.75) is 24.6 Å². The number of carbonyl (C=O) groups is 1. The zero-order chi connectivity index (χ0) is 12.5. The van der Waals surface area contributed by atoms with E-state index in [1.165, 1.54) is 0 Å². The van der Waals surface area contributed by atoms with Gasteiger partial charge in [0.2, 0.25) is 5.76 Å². The first-order chi connectivity index (χ1) is 8.75. The molecule has 1 aromatic heterocycles. The van der Waals surface area contributed by atoms with E-state index in [-0.39, 0.29) is 11.9 Å². The molecule has 1 amide bonds. The maximum atomic E-state index is 12.4. The second-order valence-corrected chi connectivity index (χ2v) is 6.02. The van der Waals surface area contributed by atoms with Crippen LogP contribution in [0.1, 0.15) is 22.7 Å². The van der Waals surface area contributed by atoms with Crippen LogP contribution in [-0.2, 0) is 4.74 Å². The molecule has 5 nitrogen and oxygen atoms in total. The molecule has 1 aromatic rings. The van der Waals surface area contributed by atoms with Crippen molar-refractivity contribution < 1.29 is 14.1 Å². The summed E-state index contributed by atoms with van der Waals surface area (Å²) in [6.07, 6.45) is 0.913. The standard InChI is InChI=1S/C12H16N2O3S/c1-8-6-10(17-13-8)12(15)14-3-5-18-11-7-16-4-2-9(11)14/h6,9,11H,2-5,7H2,1H3. The minimum atomic E-state index is -0.0344. The van der Waals surface area contributed by atoms with Crippen LogP contribution in [0.5, 0.6) is 0 Å². The summed E-state index contributed by atoms with van der Waals surface area (Å²) in [7, 11) is 0. The smallest absolute Gasteiger partial charge is 0.292 e. The van der Waals surface area contributed by atoms with Gasteiger partial charge in [0.05, 0.1) is 12.3 Å². The minimum Gasteiger partial charge on any atom is -0.380 e. The van der Waals surface area contributed by atoms with E-state index in [1.807, 2.05) is 23.6 Å². The molecule has 2 aliphatic heterocycles. The first-order valence-electron chi connectivity index (χ1n) is 6.19. The Morgan fingerprint density at radius 3 is 3.28 bits per heavy atom. The summed E-state index contributed by atoms with van der Waals surface area (Å²) in [5.41, 5.74) is 0.744. The number of ether oxygens (including phenoxy) is 1. The Bertz CT molecular complexity index is 446. The van der Waals surface area contributed by atoms with Crippen molar-refractivity contribution in [2.75, 3.05) is 25.5 Å². The average molecular weight is 268 g/mol. The van der Waals surface area contributed by atoms with Crippen LogP contribution in [0.15, 0.2) is 10.6 Å². The lowest BCUT2D eigenvalue weighted by Crippen LogP contribution is -2.54. The molecular formula is C12H16N2O3S. The van der Waals surface area contributed by atoms with Crippen molar-refractivity contribution in [1.29, 1.82) is 0 Å².